The van der Waals surface area contributed by atoms with Crippen molar-refractivity contribution in [1.29, 1.82) is 0 Å². The van der Waals surface area contributed by atoms with Crippen molar-refractivity contribution in [3.63, 3.8) is 0 Å². The Morgan fingerprint density at radius 1 is 1.50 bits per heavy atom. The normalized spacial score (nSPS) is 10.8. The molecule has 3 nitrogen and oxygen atoms in total. The first kappa shape index (κ1) is 7.30. The van der Waals surface area contributed by atoms with E-state index in [4.69, 9.17) is 5.73 Å². The van der Waals surface area contributed by atoms with Gasteiger partial charge in [0.15, 0.2) is 5.13 Å². The van der Waals surface area contributed by atoms with E-state index < -0.39 is 5.82 Å². The largest absolute Gasteiger partial charge is 0.506 e. The topological polar surface area (TPSA) is 59.1 Å². The Bertz CT molecular complexity index is 401. The summed E-state index contributed by atoms with van der Waals surface area (Å²) in [7, 11) is 0. The maximum Gasteiger partial charge on any atom is 0.181 e. The van der Waals surface area contributed by atoms with Gasteiger partial charge in [0.1, 0.15) is 17.1 Å². The summed E-state index contributed by atoms with van der Waals surface area (Å²) in [4.78, 5) is 3.78. The van der Waals surface area contributed by atoms with E-state index in [2.05, 4.69) is 4.98 Å². The van der Waals surface area contributed by atoms with Crippen molar-refractivity contribution < 1.29 is 9.50 Å². The lowest BCUT2D eigenvalue weighted by Gasteiger charge is -1.92. The number of hydrogen-bond donors (Lipinski definition) is 2. The van der Waals surface area contributed by atoms with Crippen LogP contribution in [0.4, 0.5) is 9.52 Å². The van der Waals surface area contributed by atoms with Gasteiger partial charge in [0.05, 0.1) is 4.70 Å². The van der Waals surface area contributed by atoms with Gasteiger partial charge in [-0.2, -0.15) is 0 Å². The van der Waals surface area contributed by atoms with Crippen LogP contribution >= 0.6 is 11.3 Å². The molecule has 0 aliphatic carbocycles. The zero-order valence-electron chi connectivity index (χ0n) is 5.91. The second-order valence-electron chi connectivity index (χ2n) is 2.30. The van der Waals surface area contributed by atoms with E-state index >= 15 is 0 Å². The minimum absolute atomic E-state index is 0.0423. The molecule has 0 fully saturated rings. The van der Waals surface area contributed by atoms with Crippen molar-refractivity contribution in [2.75, 3.05) is 5.73 Å². The van der Waals surface area contributed by atoms with Crippen LogP contribution in [0, 0.1) is 5.82 Å². The molecule has 62 valence electrons. The average molecular weight is 184 g/mol. The van der Waals surface area contributed by atoms with Crippen molar-refractivity contribution in [3.8, 4) is 5.75 Å². The smallest absolute Gasteiger partial charge is 0.181 e. The highest BCUT2D eigenvalue weighted by Crippen LogP contribution is 2.31. The molecule has 0 radical (unpaired) electrons. The number of thiazole rings is 1. The fraction of sp³-hybridized carbons (Fsp3) is 0. The first-order valence-electron chi connectivity index (χ1n) is 3.22. The molecule has 3 N–H and O–H groups in total. The first-order chi connectivity index (χ1) is 5.68. The quantitative estimate of drug-likeness (QED) is 0.655. The SMILES string of the molecule is Nc1nc2c(O)ccc(F)c2s1. The zero-order chi connectivity index (χ0) is 8.72. The second kappa shape index (κ2) is 2.31. The number of aromatic nitrogens is 1. The summed E-state index contributed by atoms with van der Waals surface area (Å²) < 4.78 is 13.3. The van der Waals surface area contributed by atoms with E-state index in [1.165, 1.54) is 12.1 Å². The van der Waals surface area contributed by atoms with Crippen LogP contribution < -0.4 is 5.73 Å². The van der Waals surface area contributed by atoms with E-state index in [0.29, 0.717) is 4.70 Å². The summed E-state index contributed by atoms with van der Waals surface area (Å²) in [5.74, 6) is -0.448. The summed E-state index contributed by atoms with van der Waals surface area (Å²) in [6.45, 7) is 0. The molecule has 0 unspecified atom stereocenters. The number of nitrogen functional groups attached to an aromatic ring is 1. The lowest BCUT2D eigenvalue weighted by Crippen LogP contribution is -1.79. The molecule has 1 aromatic heterocycles. The van der Waals surface area contributed by atoms with Crippen LogP contribution in [-0.4, -0.2) is 10.1 Å². The molecule has 0 aliphatic rings. The van der Waals surface area contributed by atoms with Gasteiger partial charge in [-0.3, -0.25) is 0 Å². The highest BCUT2D eigenvalue weighted by atomic mass is 32.1. The molecule has 0 spiro atoms. The molecule has 0 saturated carbocycles. The number of phenols is 1. The standard InChI is InChI=1S/C7H5FN2OS/c8-3-1-2-4(11)5-6(3)12-7(9)10-5/h1-2,11H,(H2,9,10). The fourth-order valence-electron chi connectivity index (χ4n) is 0.979. The molecule has 0 amide bonds. The van der Waals surface area contributed by atoms with Gasteiger partial charge in [-0.15, -0.1) is 0 Å². The summed E-state index contributed by atoms with van der Waals surface area (Å²) in [6, 6.07) is 2.45. The lowest BCUT2D eigenvalue weighted by atomic mass is 10.3. The molecule has 0 atom stereocenters. The molecule has 0 bridgehead atoms. The summed E-state index contributed by atoms with van der Waals surface area (Å²) in [6.07, 6.45) is 0. The minimum Gasteiger partial charge on any atom is -0.506 e. The Balaban J connectivity index is 2.93. The van der Waals surface area contributed by atoms with Crippen LogP contribution in [0.15, 0.2) is 12.1 Å². The van der Waals surface area contributed by atoms with E-state index in [9.17, 15) is 9.50 Å². The van der Waals surface area contributed by atoms with Crippen LogP contribution in [0.3, 0.4) is 0 Å². The van der Waals surface area contributed by atoms with Crippen LogP contribution in [0.25, 0.3) is 10.2 Å². The molecule has 1 heterocycles. The van der Waals surface area contributed by atoms with Gasteiger partial charge in [-0.05, 0) is 12.1 Å². The van der Waals surface area contributed by atoms with Gasteiger partial charge in [-0.25, -0.2) is 9.37 Å². The number of anilines is 1. The van der Waals surface area contributed by atoms with Crippen LogP contribution in [0.5, 0.6) is 5.75 Å². The number of nitrogens with zero attached hydrogens (tertiary/aromatic N) is 1. The van der Waals surface area contributed by atoms with Gasteiger partial charge in [0, 0.05) is 0 Å². The fourth-order valence-corrected chi connectivity index (χ4v) is 1.74. The third-order valence-electron chi connectivity index (χ3n) is 1.49. The zero-order valence-corrected chi connectivity index (χ0v) is 6.73. The van der Waals surface area contributed by atoms with Gasteiger partial charge in [0.25, 0.3) is 0 Å². The number of hydrogen-bond acceptors (Lipinski definition) is 4. The van der Waals surface area contributed by atoms with Crippen LogP contribution in [0.2, 0.25) is 0 Å². The highest BCUT2D eigenvalue weighted by Gasteiger charge is 2.09. The number of nitrogens with two attached hydrogens (primary N) is 1. The van der Waals surface area contributed by atoms with E-state index in [-0.39, 0.29) is 16.4 Å². The monoisotopic (exact) mass is 184 g/mol. The summed E-state index contributed by atoms with van der Waals surface area (Å²) in [5, 5.41) is 9.49. The van der Waals surface area contributed by atoms with Crippen molar-refractivity contribution in [3.05, 3.63) is 17.9 Å². The Hall–Kier alpha value is -1.36. The summed E-state index contributed by atoms with van der Waals surface area (Å²) in [5.41, 5.74) is 5.59. The Morgan fingerprint density at radius 3 is 2.92 bits per heavy atom. The Labute approximate surface area is 71.3 Å². The molecule has 2 aromatic rings. The van der Waals surface area contributed by atoms with Crippen molar-refractivity contribution in [2.45, 2.75) is 0 Å². The first-order valence-corrected chi connectivity index (χ1v) is 4.03. The molecular formula is C7H5FN2OS. The summed E-state index contributed by atoms with van der Waals surface area (Å²) >= 11 is 1.02. The van der Waals surface area contributed by atoms with E-state index in [1.807, 2.05) is 0 Å². The number of rotatable bonds is 0. The van der Waals surface area contributed by atoms with Crippen molar-refractivity contribution in [2.24, 2.45) is 0 Å². The lowest BCUT2D eigenvalue weighted by molar-refractivity contribution is 0.479. The van der Waals surface area contributed by atoms with Crippen molar-refractivity contribution >= 4 is 26.7 Å². The van der Waals surface area contributed by atoms with Crippen molar-refractivity contribution in [1.82, 2.24) is 4.98 Å². The molecule has 2 rings (SSSR count). The maximum absolute atomic E-state index is 13.0. The third kappa shape index (κ3) is 0.902. The molecule has 12 heavy (non-hydrogen) atoms. The van der Waals surface area contributed by atoms with Gasteiger partial charge < -0.3 is 10.8 Å². The number of aromatic hydroxyl groups is 1. The van der Waals surface area contributed by atoms with Gasteiger partial charge in [-0.1, -0.05) is 11.3 Å². The van der Waals surface area contributed by atoms with E-state index in [0.717, 1.165) is 11.3 Å². The number of halogens is 1. The number of benzene rings is 1. The van der Waals surface area contributed by atoms with Crippen LogP contribution in [-0.2, 0) is 0 Å². The Morgan fingerprint density at radius 2 is 2.25 bits per heavy atom. The van der Waals surface area contributed by atoms with Crippen LogP contribution in [0.1, 0.15) is 0 Å². The molecular weight excluding hydrogens is 179 g/mol. The number of phenolic OH excluding ortho intramolecular Hbond substituents is 1. The van der Waals surface area contributed by atoms with E-state index in [1.54, 1.807) is 0 Å². The molecule has 1 aromatic carbocycles. The average Bonchev–Trinajstić information content (AvgIpc) is 2.41. The predicted octanol–water partition coefficient (Wildman–Crippen LogP) is 1.72. The molecule has 0 aliphatic heterocycles. The van der Waals surface area contributed by atoms with Gasteiger partial charge in [0.2, 0.25) is 0 Å². The minimum atomic E-state index is -0.406. The maximum atomic E-state index is 13.0. The molecule has 0 saturated heterocycles. The van der Waals surface area contributed by atoms with Gasteiger partial charge >= 0.3 is 0 Å². The highest BCUT2D eigenvalue weighted by molar-refractivity contribution is 7.22. The number of fused-ring (bicyclic) bond motifs is 1. The molecule has 5 heteroatoms. The predicted molar refractivity (Wildman–Crippen MR) is 45.7 cm³/mol. The Kier molecular flexibility index (Phi) is 1.41. The third-order valence-corrected chi connectivity index (χ3v) is 2.38. The second-order valence-corrected chi connectivity index (χ2v) is 3.33.